The maximum atomic E-state index is 12.4. The number of piperidine rings is 1. The molecular weight excluding hydrogens is 302 g/mol. The number of rotatable bonds is 4. The molecule has 1 aromatic carbocycles. The topological polar surface area (TPSA) is 52.7 Å². The van der Waals surface area contributed by atoms with Gasteiger partial charge in [-0.25, -0.2) is 0 Å². The molecule has 0 aliphatic carbocycles. The van der Waals surface area contributed by atoms with Gasteiger partial charge in [0.15, 0.2) is 0 Å². The predicted octanol–water partition coefficient (Wildman–Crippen LogP) is 1.81. The van der Waals surface area contributed by atoms with Crippen molar-refractivity contribution in [3.05, 3.63) is 29.8 Å². The van der Waals surface area contributed by atoms with Crippen molar-refractivity contribution in [3.8, 4) is 0 Å². The number of aryl methyl sites for hydroxylation is 1. The van der Waals surface area contributed by atoms with Crippen LogP contribution in [0.5, 0.6) is 0 Å². The van der Waals surface area contributed by atoms with Gasteiger partial charge in [0.2, 0.25) is 11.8 Å². The standard InChI is InChI=1S/C19H27N3O2/c1-3-14-6-4-5-7-17(14)22-10-8-16(9-11-22)20-19(24)15-12-18(23)21(2)13-15/h4-7,15-16H,3,8-13H2,1-2H3,(H,20,24). The molecule has 5 nitrogen and oxygen atoms in total. The third-order valence-electron chi connectivity index (χ3n) is 5.27. The van der Waals surface area contributed by atoms with Crippen LogP contribution in [0.2, 0.25) is 0 Å². The first kappa shape index (κ1) is 16.8. The lowest BCUT2D eigenvalue weighted by Crippen LogP contribution is -2.46. The Kier molecular flexibility index (Phi) is 5.07. The number of amides is 2. The minimum atomic E-state index is -0.179. The lowest BCUT2D eigenvalue weighted by molar-refractivity contribution is -0.128. The summed E-state index contributed by atoms with van der Waals surface area (Å²) in [5, 5.41) is 3.16. The second kappa shape index (κ2) is 7.24. The zero-order valence-corrected chi connectivity index (χ0v) is 14.6. The number of benzene rings is 1. The maximum absolute atomic E-state index is 12.4. The summed E-state index contributed by atoms with van der Waals surface area (Å²) in [6, 6.07) is 8.79. The van der Waals surface area contributed by atoms with Crippen molar-refractivity contribution < 1.29 is 9.59 Å². The van der Waals surface area contributed by atoms with E-state index in [0.29, 0.717) is 13.0 Å². The molecule has 2 aliphatic heterocycles. The average molecular weight is 329 g/mol. The summed E-state index contributed by atoms with van der Waals surface area (Å²) in [5.41, 5.74) is 2.71. The Labute approximate surface area is 144 Å². The van der Waals surface area contributed by atoms with Crippen LogP contribution in [0.1, 0.15) is 31.7 Å². The Morgan fingerprint density at radius 1 is 1.25 bits per heavy atom. The van der Waals surface area contributed by atoms with E-state index in [-0.39, 0.29) is 23.8 Å². The number of hydrogen-bond acceptors (Lipinski definition) is 3. The molecule has 130 valence electrons. The second-order valence-corrected chi connectivity index (χ2v) is 6.93. The van der Waals surface area contributed by atoms with Crippen LogP contribution in [0.3, 0.4) is 0 Å². The molecule has 0 bridgehead atoms. The summed E-state index contributed by atoms with van der Waals surface area (Å²) >= 11 is 0. The van der Waals surface area contributed by atoms with Crippen molar-refractivity contribution in [3.63, 3.8) is 0 Å². The van der Waals surface area contributed by atoms with Gasteiger partial charge in [-0.1, -0.05) is 25.1 Å². The van der Waals surface area contributed by atoms with E-state index < -0.39 is 0 Å². The van der Waals surface area contributed by atoms with Gasteiger partial charge in [-0.3, -0.25) is 9.59 Å². The molecule has 5 heteroatoms. The molecule has 2 amide bonds. The van der Waals surface area contributed by atoms with E-state index >= 15 is 0 Å². The molecule has 2 saturated heterocycles. The summed E-state index contributed by atoms with van der Waals surface area (Å²) in [4.78, 5) is 28.0. The van der Waals surface area contributed by atoms with Crippen molar-refractivity contribution in [2.24, 2.45) is 5.92 Å². The van der Waals surface area contributed by atoms with Crippen LogP contribution in [0.15, 0.2) is 24.3 Å². The van der Waals surface area contributed by atoms with Crippen LogP contribution in [-0.2, 0) is 16.0 Å². The SMILES string of the molecule is CCc1ccccc1N1CCC(NC(=O)C2CC(=O)N(C)C2)CC1. The van der Waals surface area contributed by atoms with E-state index in [1.807, 2.05) is 0 Å². The molecule has 0 radical (unpaired) electrons. The van der Waals surface area contributed by atoms with E-state index in [9.17, 15) is 9.59 Å². The lowest BCUT2D eigenvalue weighted by atomic mass is 10.0. The molecule has 2 heterocycles. The Morgan fingerprint density at radius 3 is 2.58 bits per heavy atom. The summed E-state index contributed by atoms with van der Waals surface area (Å²) in [7, 11) is 1.76. The van der Waals surface area contributed by atoms with E-state index in [4.69, 9.17) is 0 Å². The summed E-state index contributed by atoms with van der Waals surface area (Å²) in [6.07, 6.45) is 3.31. The molecular formula is C19H27N3O2. The first-order valence-corrected chi connectivity index (χ1v) is 8.95. The van der Waals surface area contributed by atoms with E-state index in [2.05, 4.69) is 41.4 Å². The number of carbonyl (C=O) groups is 2. The minimum Gasteiger partial charge on any atom is -0.371 e. The van der Waals surface area contributed by atoms with Gasteiger partial charge < -0.3 is 15.1 Å². The van der Waals surface area contributed by atoms with Gasteiger partial charge in [-0.05, 0) is 30.9 Å². The highest BCUT2D eigenvalue weighted by atomic mass is 16.2. The van der Waals surface area contributed by atoms with E-state index in [1.54, 1.807) is 11.9 Å². The minimum absolute atomic E-state index is 0.0418. The number of nitrogens with one attached hydrogen (secondary N) is 1. The third-order valence-corrected chi connectivity index (χ3v) is 5.27. The fourth-order valence-electron chi connectivity index (χ4n) is 3.74. The summed E-state index contributed by atoms with van der Waals surface area (Å²) in [6.45, 7) is 4.66. The zero-order valence-electron chi connectivity index (χ0n) is 14.6. The highest BCUT2D eigenvalue weighted by Crippen LogP contribution is 2.25. The number of para-hydroxylation sites is 1. The van der Waals surface area contributed by atoms with Gasteiger partial charge in [0, 0.05) is 44.8 Å². The second-order valence-electron chi connectivity index (χ2n) is 6.93. The Balaban J connectivity index is 1.52. The van der Waals surface area contributed by atoms with Crippen LogP contribution in [0, 0.1) is 5.92 Å². The van der Waals surface area contributed by atoms with Crippen molar-refractivity contribution in [1.82, 2.24) is 10.2 Å². The molecule has 24 heavy (non-hydrogen) atoms. The van der Waals surface area contributed by atoms with Crippen molar-refractivity contribution in [2.45, 2.75) is 38.6 Å². The number of anilines is 1. The van der Waals surface area contributed by atoms with Crippen molar-refractivity contribution in [1.29, 1.82) is 0 Å². The zero-order chi connectivity index (χ0) is 17.1. The number of carbonyl (C=O) groups excluding carboxylic acids is 2. The molecule has 2 aliphatic rings. The molecule has 0 aromatic heterocycles. The molecule has 1 unspecified atom stereocenters. The lowest BCUT2D eigenvalue weighted by Gasteiger charge is -2.35. The van der Waals surface area contributed by atoms with Crippen LogP contribution in [-0.4, -0.2) is 49.4 Å². The Morgan fingerprint density at radius 2 is 1.96 bits per heavy atom. The quantitative estimate of drug-likeness (QED) is 0.917. The molecule has 1 N–H and O–H groups in total. The average Bonchev–Trinajstić information content (AvgIpc) is 2.95. The smallest absolute Gasteiger partial charge is 0.225 e. The molecule has 2 fully saturated rings. The van der Waals surface area contributed by atoms with Crippen molar-refractivity contribution >= 4 is 17.5 Å². The predicted molar refractivity (Wildman–Crippen MR) is 94.9 cm³/mol. The van der Waals surface area contributed by atoms with Crippen LogP contribution < -0.4 is 10.2 Å². The fourth-order valence-corrected chi connectivity index (χ4v) is 3.74. The molecule has 0 saturated carbocycles. The van der Waals surface area contributed by atoms with Crippen LogP contribution in [0.25, 0.3) is 0 Å². The monoisotopic (exact) mass is 329 g/mol. The Bertz CT molecular complexity index is 608. The first-order chi connectivity index (χ1) is 11.6. The maximum Gasteiger partial charge on any atom is 0.225 e. The Hall–Kier alpha value is -2.04. The van der Waals surface area contributed by atoms with E-state index in [1.165, 1.54) is 11.3 Å². The van der Waals surface area contributed by atoms with Gasteiger partial charge in [-0.15, -0.1) is 0 Å². The highest BCUT2D eigenvalue weighted by Gasteiger charge is 2.33. The van der Waals surface area contributed by atoms with Gasteiger partial charge in [0.1, 0.15) is 0 Å². The van der Waals surface area contributed by atoms with Gasteiger partial charge >= 0.3 is 0 Å². The highest BCUT2D eigenvalue weighted by molar-refractivity contribution is 5.89. The van der Waals surface area contributed by atoms with Crippen molar-refractivity contribution in [2.75, 3.05) is 31.6 Å². The van der Waals surface area contributed by atoms with Crippen LogP contribution in [0.4, 0.5) is 5.69 Å². The van der Waals surface area contributed by atoms with Gasteiger partial charge in [0.05, 0.1) is 5.92 Å². The summed E-state index contributed by atoms with van der Waals surface area (Å²) < 4.78 is 0. The molecule has 1 atom stereocenters. The normalized spacial score (nSPS) is 22.1. The largest absolute Gasteiger partial charge is 0.371 e. The third kappa shape index (κ3) is 3.55. The number of hydrogen-bond donors (Lipinski definition) is 1. The molecule has 3 rings (SSSR count). The number of nitrogens with zero attached hydrogens (tertiary/aromatic N) is 2. The first-order valence-electron chi connectivity index (χ1n) is 8.95. The number of likely N-dealkylation sites (tertiary alicyclic amines) is 1. The van der Waals surface area contributed by atoms with E-state index in [0.717, 1.165) is 32.4 Å². The summed E-state index contributed by atoms with van der Waals surface area (Å²) in [5.74, 6) is -0.0670. The van der Waals surface area contributed by atoms with Crippen LogP contribution >= 0.6 is 0 Å². The van der Waals surface area contributed by atoms with Gasteiger partial charge in [-0.2, -0.15) is 0 Å². The molecule has 0 spiro atoms. The fraction of sp³-hybridized carbons (Fsp3) is 0.579. The molecule has 1 aromatic rings. The van der Waals surface area contributed by atoms with Gasteiger partial charge in [0.25, 0.3) is 0 Å².